The van der Waals surface area contributed by atoms with Crippen LogP contribution in [-0.4, -0.2) is 9.82 Å². The van der Waals surface area contributed by atoms with Crippen molar-refractivity contribution in [3.8, 4) is 0 Å². The zero-order valence-electron chi connectivity index (χ0n) is 10.8. The van der Waals surface area contributed by atoms with Gasteiger partial charge in [0.25, 0.3) is 5.69 Å². The van der Waals surface area contributed by atoms with E-state index >= 15 is 0 Å². The van der Waals surface area contributed by atoms with E-state index in [9.17, 15) is 10.1 Å². The smallest absolute Gasteiger partial charge is 0.269 e. The van der Waals surface area contributed by atoms with Gasteiger partial charge in [0.1, 0.15) is 0 Å². The first-order chi connectivity index (χ1) is 9.63. The Morgan fingerprint density at radius 1 is 1.15 bits per heavy atom. The van der Waals surface area contributed by atoms with E-state index in [1.54, 1.807) is 12.1 Å². The zero-order valence-corrected chi connectivity index (χ0v) is 11.5. The van der Waals surface area contributed by atoms with E-state index in [4.69, 9.17) is 11.6 Å². The molecule has 0 saturated carbocycles. The molecule has 102 valence electrons. The van der Waals surface area contributed by atoms with E-state index in [-0.39, 0.29) is 5.69 Å². The van der Waals surface area contributed by atoms with Gasteiger partial charge in [-0.2, -0.15) is 0 Å². The minimum atomic E-state index is -0.390. The van der Waals surface area contributed by atoms with Gasteiger partial charge in [-0.05, 0) is 22.8 Å². The van der Waals surface area contributed by atoms with Crippen LogP contribution < -0.4 is 0 Å². The van der Waals surface area contributed by atoms with Crippen LogP contribution in [0.4, 0.5) is 5.69 Å². The summed E-state index contributed by atoms with van der Waals surface area (Å²) in [5.41, 5.74) is 3.51. The number of nitro benzene ring substituents is 1. The number of rotatable bonds is 3. The number of hydrogen-bond donors (Lipinski definition) is 0. The van der Waals surface area contributed by atoms with Gasteiger partial charge in [0.15, 0.2) is 0 Å². The summed E-state index contributed by atoms with van der Waals surface area (Å²) in [7, 11) is 0. The van der Waals surface area contributed by atoms with Crippen LogP contribution in [0.2, 0.25) is 5.02 Å². The molecule has 5 heteroatoms. The summed E-state index contributed by atoms with van der Waals surface area (Å²) in [5, 5.41) is 11.4. The van der Waals surface area contributed by atoms with E-state index in [2.05, 4.69) is 17.0 Å². The molecular formula is C15H13ClN2O2. The van der Waals surface area contributed by atoms with E-state index in [1.807, 2.05) is 12.1 Å². The van der Waals surface area contributed by atoms with Crippen molar-refractivity contribution < 1.29 is 4.92 Å². The Bertz CT molecular complexity index is 648. The molecule has 0 amide bonds. The first-order valence-corrected chi connectivity index (χ1v) is 6.73. The lowest BCUT2D eigenvalue weighted by Crippen LogP contribution is -2.16. The molecule has 0 saturated heterocycles. The van der Waals surface area contributed by atoms with Crippen LogP contribution in [0.15, 0.2) is 42.5 Å². The Morgan fingerprint density at radius 3 is 2.40 bits per heavy atom. The molecule has 0 bridgehead atoms. The van der Waals surface area contributed by atoms with Crippen molar-refractivity contribution in [2.75, 3.05) is 0 Å². The molecule has 4 nitrogen and oxygen atoms in total. The van der Waals surface area contributed by atoms with Gasteiger partial charge in [0.05, 0.1) is 4.92 Å². The fourth-order valence-electron chi connectivity index (χ4n) is 2.55. The predicted molar refractivity (Wildman–Crippen MR) is 77.5 cm³/mol. The molecule has 0 unspecified atom stereocenters. The first kappa shape index (κ1) is 13.1. The van der Waals surface area contributed by atoms with Crippen molar-refractivity contribution >= 4 is 17.3 Å². The van der Waals surface area contributed by atoms with Gasteiger partial charge in [-0.3, -0.25) is 15.0 Å². The van der Waals surface area contributed by atoms with Crippen molar-refractivity contribution in [3.63, 3.8) is 0 Å². The zero-order chi connectivity index (χ0) is 14.1. The summed E-state index contributed by atoms with van der Waals surface area (Å²) in [5.74, 6) is 0. The molecule has 0 atom stereocenters. The fourth-order valence-corrected chi connectivity index (χ4v) is 2.73. The average Bonchev–Trinajstić information content (AvgIpc) is 2.83. The lowest BCUT2D eigenvalue weighted by molar-refractivity contribution is -0.384. The van der Waals surface area contributed by atoms with Gasteiger partial charge in [-0.15, -0.1) is 0 Å². The number of hydrogen-bond acceptors (Lipinski definition) is 3. The van der Waals surface area contributed by atoms with Crippen LogP contribution in [0.1, 0.15) is 16.7 Å². The van der Waals surface area contributed by atoms with Crippen molar-refractivity contribution in [2.24, 2.45) is 0 Å². The van der Waals surface area contributed by atoms with Crippen LogP contribution in [0.5, 0.6) is 0 Å². The number of non-ortho nitro benzene ring substituents is 1. The lowest BCUT2D eigenvalue weighted by atomic mass is 10.1. The van der Waals surface area contributed by atoms with Crippen LogP contribution in [0, 0.1) is 10.1 Å². The molecular weight excluding hydrogens is 276 g/mol. The van der Waals surface area contributed by atoms with Crippen LogP contribution >= 0.6 is 11.6 Å². The maximum atomic E-state index is 10.8. The van der Waals surface area contributed by atoms with E-state index in [0.717, 1.165) is 18.7 Å². The fraction of sp³-hybridized carbons (Fsp3) is 0.200. The Hall–Kier alpha value is -1.91. The number of nitro groups is 1. The van der Waals surface area contributed by atoms with E-state index < -0.39 is 4.92 Å². The summed E-state index contributed by atoms with van der Waals surface area (Å²) in [6.45, 7) is 2.33. The van der Waals surface area contributed by atoms with Crippen molar-refractivity contribution in [1.29, 1.82) is 0 Å². The molecule has 0 spiro atoms. The highest BCUT2D eigenvalue weighted by molar-refractivity contribution is 6.31. The van der Waals surface area contributed by atoms with Gasteiger partial charge < -0.3 is 0 Å². The minimum absolute atomic E-state index is 0.0844. The summed E-state index contributed by atoms with van der Waals surface area (Å²) < 4.78 is 0. The quantitative estimate of drug-likeness (QED) is 0.638. The summed E-state index contributed by atoms with van der Waals surface area (Å²) in [4.78, 5) is 12.7. The molecule has 2 aromatic carbocycles. The topological polar surface area (TPSA) is 46.4 Å². The van der Waals surface area contributed by atoms with Crippen molar-refractivity contribution in [1.82, 2.24) is 4.90 Å². The first-order valence-electron chi connectivity index (χ1n) is 6.35. The van der Waals surface area contributed by atoms with E-state index in [0.29, 0.717) is 11.6 Å². The molecule has 2 aromatic rings. The highest BCUT2D eigenvalue weighted by Gasteiger charge is 2.20. The molecule has 0 radical (unpaired) electrons. The standard InChI is InChI=1S/C15H13ClN2O2/c16-15-6-5-14(18(19)20)7-13(15)10-17-8-11-3-1-2-4-12(11)9-17/h1-7H,8-10H2. The molecule has 0 N–H and O–H groups in total. The second-order valence-electron chi connectivity index (χ2n) is 4.95. The van der Waals surface area contributed by atoms with E-state index in [1.165, 1.54) is 17.2 Å². The molecule has 3 rings (SSSR count). The molecule has 0 aromatic heterocycles. The van der Waals surface area contributed by atoms with Crippen molar-refractivity contribution in [2.45, 2.75) is 19.6 Å². The number of nitrogens with zero attached hydrogens (tertiary/aromatic N) is 2. The molecule has 1 aliphatic rings. The maximum Gasteiger partial charge on any atom is 0.269 e. The van der Waals surface area contributed by atoms with Crippen LogP contribution in [-0.2, 0) is 19.6 Å². The Kier molecular flexibility index (Phi) is 3.42. The lowest BCUT2D eigenvalue weighted by Gasteiger charge is -2.15. The number of fused-ring (bicyclic) bond motifs is 1. The normalized spacial score (nSPS) is 14.2. The van der Waals surface area contributed by atoms with Gasteiger partial charge in [0.2, 0.25) is 0 Å². The third-order valence-corrected chi connectivity index (χ3v) is 3.91. The molecule has 20 heavy (non-hydrogen) atoms. The predicted octanol–water partition coefficient (Wildman–Crippen LogP) is 3.76. The summed E-state index contributed by atoms with van der Waals surface area (Å²) in [6.07, 6.45) is 0. The van der Waals surface area contributed by atoms with Gasteiger partial charge >= 0.3 is 0 Å². The van der Waals surface area contributed by atoms with Gasteiger partial charge in [-0.1, -0.05) is 35.9 Å². The molecule has 0 aliphatic carbocycles. The highest BCUT2D eigenvalue weighted by Crippen LogP contribution is 2.28. The van der Waals surface area contributed by atoms with Crippen LogP contribution in [0.3, 0.4) is 0 Å². The maximum absolute atomic E-state index is 10.8. The van der Waals surface area contributed by atoms with Crippen LogP contribution in [0.25, 0.3) is 0 Å². The summed E-state index contributed by atoms with van der Waals surface area (Å²) in [6, 6.07) is 12.9. The molecule has 1 aliphatic heterocycles. The minimum Gasteiger partial charge on any atom is -0.291 e. The van der Waals surface area contributed by atoms with Crippen molar-refractivity contribution in [3.05, 3.63) is 74.3 Å². The largest absolute Gasteiger partial charge is 0.291 e. The monoisotopic (exact) mass is 288 g/mol. The second kappa shape index (κ2) is 5.23. The second-order valence-corrected chi connectivity index (χ2v) is 5.35. The third kappa shape index (κ3) is 2.53. The number of halogens is 1. The highest BCUT2D eigenvalue weighted by atomic mass is 35.5. The Morgan fingerprint density at radius 2 is 1.80 bits per heavy atom. The Labute approximate surface area is 121 Å². The Balaban J connectivity index is 1.80. The average molecular weight is 289 g/mol. The SMILES string of the molecule is O=[N+]([O-])c1ccc(Cl)c(CN2Cc3ccccc3C2)c1. The summed E-state index contributed by atoms with van der Waals surface area (Å²) >= 11 is 6.14. The third-order valence-electron chi connectivity index (χ3n) is 3.54. The van der Waals surface area contributed by atoms with Gasteiger partial charge in [-0.25, -0.2) is 0 Å². The molecule has 1 heterocycles. The number of benzene rings is 2. The molecule has 0 fully saturated rings. The van der Waals surface area contributed by atoms with Gasteiger partial charge in [0, 0.05) is 36.8 Å².